The van der Waals surface area contributed by atoms with Crippen molar-refractivity contribution in [1.82, 2.24) is 9.97 Å². The molecule has 0 aliphatic carbocycles. The zero-order valence-corrected chi connectivity index (χ0v) is 11.6. The molecule has 2 aromatic rings. The van der Waals surface area contributed by atoms with Crippen molar-refractivity contribution in [3.63, 3.8) is 0 Å². The van der Waals surface area contributed by atoms with Crippen LogP contribution in [0.25, 0.3) is 0 Å². The van der Waals surface area contributed by atoms with Crippen LogP contribution in [0.1, 0.15) is 11.3 Å². The quantitative estimate of drug-likeness (QED) is 0.700. The first-order chi connectivity index (χ1) is 8.15. The highest BCUT2D eigenvalue weighted by atomic mass is 79.9. The molecule has 2 rings (SSSR count). The number of halogens is 1. The van der Waals surface area contributed by atoms with Gasteiger partial charge in [0.15, 0.2) is 0 Å². The van der Waals surface area contributed by atoms with Crippen LogP contribution in [-0.4, -0.2) is 9.97 Å². The van der Waals surface area contributed by atoms with Gasteiger partial charge in [0.25, 0.3) is 0 Å². The molecule has 1 aromatic heterocycles. The van der Waals surface area contributed by atoms with E-state index in [2.05, 4.69) is 32.0 Å². The monoisotopic (exact) mass is 310 g/mol. The van der Waals surface area contributed by atoms with E-state index in [1.54, 1.807) is 11.8 Å². The molecule has 0 unspecified atom stereocenters. The summed E-state index contributed by atoms with van der Waals surface area (Å²) in [5.74, 6) is 0.789. The van der Waals surface area contributed by atoms with E-state index >= 15 is 0 Å². The second kappa shape index (κ2) is 5.51. The first-order valence-electron chi connectivity index (χ1n) is 5.09. The minimum absolute atomic E-state index is 0.292. The third-order valence-electron chi connectivity index (χ3n) is 2.19. The number of benzene rings is 1. The lowest BCUT2D eigenvalue weighted by Crippen LogP contribution is -2.11. The Balaban J connectivity index is 2.13. The molecule has 0 aliphatic heterocycles. The molecule has 0 amide bonds. The molecule has 1 aromatic carbocycles. The summed E-state index contributed by atoms with van der Waals surface area (Å²) in [7, 11) is 0. The van der Waals surface area contributed by atoms with E-state index in [0.29, 0.717) is 0 Å². The maximum absolute atomic E-state index is 11.2. The van der Waals surface area contributed by atoms with Gasteiger partial charge in [-0.15, -0.1) is 11.8 Å². The van der Waals surface area contributed by atoms with Gasteiger partial charge in [0.05, 0.1) is 0 Å². The van der Waals surface area contributed by atoms with Crippen molar-refractivity contribution in [3.05, 3.63) is 56.5 Å². The smallest absolute Gasteiger partial charge is 0.310 e. The SMILES string of the molecule is Cc1cc(SCc2ccccc2Br)nc(=O)[nH]1. The van der Waals surface area contributed by atoms with Crippen LogP contribution in [-0.2, 0) is 5.75 Å². The number of hydrogen-bond donors (Lipinski definition) is 1. The summed E-state index contributed by atoms with van der Waals surface area (Å²) in [5, 5.41) is 0.752. The minimum Gasteiger partial charge on any atom is -0.310 e. The van der Waals surface area contributed by atoms with Crippen molar-refractivity contribution >= 4 is 27.7 Å². The summed E-state index contributed by atoms with van der Waals surface area (Å²) >= 11 is 5.05. The van der Waals surface area contributed by atoms with E-state index in [4.69, 9.17) is 0 Å². The van der Waals surface area contributed by atoms with Crippen molar-refractivity contribution < 1.29 is 0 Å². The van der Waals surface area contributed by atoms with E-state index < -0.39 is 0 Å². The number of nitrogens with zero attached hydrogens (tertiary/aromatic N) is 1. The Labute approximate surface area is 112 Å². The fraction of sp³-hybridized carbons (Fsp3) is 0.167. The van der Waals surface area contributed by atoms with Gasteiger partial charge >= 0.3 is 5.69 Å². The van der Waals surface area contributed by atoms with Crippen LogP contribution in [0.15, 0.2) is 44.6 Å². The van der Waals surface area contributed by atoms with Gasteiger partial charge in [-0.2, -0.15) is 4.98 Å². The molecule has 3 nitrogen and oxygen atoms in total. The fourth-order valence-corrected chi connectivity index (χ4v) is 2.96. The lowest BCUT2D eigenvalue weighted by atomic mass is 10.2. The first-order valence-corrected chi connectivity index (χ1v) is 6.87. The van der Waals surface area contributed by atoms with E-state index in [0.717, 1.165) is 20.9 Å². The Bertz CT molecular complexity index is 583. The lowest BCUT2D eigenvalue weighted by Gasteiger charge is -2.03. The average Bonchev–Trinajstić information content (AvgIpc) is 2.27. The Morgan fingerprint density at radius 1 is 1.41 bits per heavy atom. The highest BCUT2D eigenvalue weighted by Crippen LogP contribution is 2.25. The van der Waals surface area contributed by atoms with Crippen molar-refractivity contribution in [1.29, 1.82) is 0 Å². The van der Waals surface area contributed by atoms with Gasteiger partial charge in [-0.25, -0.2) is 4.79 Å². The Kier molecular flexibility index (Phi) is 4.02. The van der Waals surface area contributed by atoms with Gasteiger partial charge in [0.1, 0.15) is 5.03 Å². The van der Waals surface area contributed by atoms with Crippen LogP contribution in [0.5, 0.6) is 0 Å². The predicted molar refractivity (Wildman–Crippen MR) is 73.3 cm³/mol. The molecule has 1 N–H and O–H groups in total. The second-order valence-corrected chi connectivity index (χ2v) is 5.44. The molecule has 0 saturated carbocycles. The van der Waals surface area contributed by atoms with Gasteiger partial charge in [-0.1, -0.05) is 34.1 Å². The number of hydrogen-bond acceptors (Lipinski definition) is 3. The number of aryl methyl sites for hydroxylation is 1. The topological polar surface area (TPSA) is 45.8 Å². The minimum atomic E-state index is -0.292. The Hall–Kier alpha value is -1.07. The highest BCUT2D eigenvalue weighted by molar-refractivity contribution is 9.10. The molecule has 88 valence electrons. The zero-order valence-electron chi connectivity index (χ0n) is 9.24. The molecule has 0 spiro atoms. The second-order valence-electron chi connectivity index (χ2n) is 3.59. The number of aromatic nitrogens is 2. The third kappa shape index (κ3) is 3.44. The lowest BCUT2D eigenvalue weighted by molar-refractivity contribution is 0.945. The van der Waals surface area contributed by atoms with Gasteiger partial charge in [-0.3, -0.25) is 0 Å². The molecule has 5 heteroatoms. The molecule has 17 heavy (non-hydrogen) atoms. The normalized spacial score (nSPS) is 10.5. The van der Waals surface area contributed by atoms with Crippen molar-refractivity contribution in [2.24, 2.45) is 0 Å². The van der Waals surface area contributed by atoms with Gasteiger partial charge in [0, 0.05) is 15.9 Å². The van der Waals surface area contributed by atoms with Crippen LogP contribution in [0.3, 0.4) is 0 Å². The van der Waals surface area contributed by atoms with Gasteiger partial charge in [0.2, 0.25) is 0 Å². The van der Waals surface area contributed by atoms with Crippen molar-refractivity contribution in [2.45, 2.75) is 17.7 Å². The Morgan fingerprint density at radius 2 is 2.18 bits per heavy atom. The summed E-state index contributed by atoms with van der Waals surface area (Å²) in [4.78, 5) is 17.7. The largest absolute Gasteiger partial charge is 0.346 e. The van der Waals surface area contributed by atoms with Crippen LogP contribution < -0.4 is 5.69 Å². The summed E-state index contributed by atoms with van der Waals surface area (Å²) in [6, 6.07) is 9.91. The molecular weight excluding hydrogens is 300 g/mol. The van der Waals surface area contributed by atoms with Crippen LogP contribution in [0, 0.1) is 6.92 Å². The van der Waals surface area contributed by atoms with Crippen molar-refractivity contribution in [2.75, 3.05) is 0 Å². The number of thioether (sulfide) groups is 1. The van der Waals surface area contributed by atoms with Gasteiger partial charge < -0.3 is 4.98 Å². The van der Waals surface area contributed by atoms with Crippen LogP contribution in [0.4, 0.5) is 0 Å². The number of rotatable bonds is 3. The van der Waals surface area contributed by atoms with E-state index in [1.807, 2.05) is 31.2 Å². The fourth-order valence-electron chi connectivity index (χ4n) is 1.39. The summed E-state index contributed by atoms with van der Waals surface area (Å²) in [6.07, 6.45) is 0. The summed E-state index contributed by atoms with van der Waals surface area (Å²) in [5.41, 5.74) is 1.73. The molecular formula is C12H11BrN2OS. The maximum atomic E-state index is 11.2. The Morgan fingerprint density at radius 3 is 2.88 bits per heavy atom. The van der Waals surface area contributed by atoms with Crippen molar-refractivity contribution in [3.8, 4) is 0 Å². The molecule has 0 bridgehead atoms. The molecule has 0 atom stereocenters. The van der Waals surface area contributed by atoms with E-state index in [9.17, 15) is 4.79 Å². The maximum Gasteiger partial charge on any atom is 0.346 e. The van der Waals surface area contributed by atoms with Crippen LogP contribution >= 0.6 is 27.7 Å². The van der Waals surface area contributed by atoms with Crippen LogP contribution in [0.2, 0.25) is 0 Å². The molecule has 0 fully saturated rings. The third-order valence-corrected chi connectivity index (χ3v) is 3.92. The average molecular weight is 311 g/mol. The zero-order chi connectivity index (χ0) is 12.3. The molecule has 0 saturated heterocycles. The number of aromatic amines is 1. The number of nitrogens with one attached hydrogen (secondary N) is 1. The highest BCUT2D eigenvalue weighted by Gasteiger charge is 2.02. The summed E-state index contributed by atoms with van der Waals surface area (Å²) in [6.45, 7) is 1.85. The predicted octanol–water partition coefficient (Wildman–Crippen LogP) is 3.13. The first kappa shape index (κ1) is 12.4. The summed E-state index contributed by atoms with van der Waals surface area (Å²) < 4.78 is 1.08. The molecule has 0 radical (unpaired) electrons. The molecule has 0 aliphatic rings. The van der Waals surface area contributed by atoms with Gasteiger partial charge in [-0.05, 0) is 24.6 Å². The standard InChI is InChI=1S/C12H11BrN2OS/c1-8-6-11(15-12(16)14-8)17-7-9-4-2-3-5-10(9)13/h2-6H,7H2,1H3,(H,14,15,16). The molecule has 1 heterocycles. The van der Waals surface area contributed by atoms with E-state index in [1.165, 1.54) is 5.56 Å². The van der Waals surface area contributed by atoms with E-state index in [-0.39, 0.29) is 5.69 Å². The number of H-pyrrole nitrogens is 1.